The van der Waals surface area contributed by atoms with Crippen LogP contribution in [0.4, 0.5) is 11.6 Å². The van der Waals surface area contributed by atoms with Crippen LogP contribution in [0, 0.1) is 0 Å². The number of thiophene rings is 1. The molecule has 6 nitrogen and oxygen atoms in total. The van der Waals surface area contributed by atoms with E-state index in [1.165, 1.54) is 0 Å². The molecule has 0 spiro atoms. The summed E-state index contributed by atoms with van der Waals surface area (Å²) in [5.41, 5.74) is 2.76. The van der Waals surface area contributed by atoms with Crippen LogP contribution in [0.15, 0.2) is 77.3 Å². The Morgan fingerprint density at radius 1 is 1.09 bits per heavy atom. The van der Waals surface area contributed by atoms with Gasteiger partial charge in [-0.05, 0) is 48.7 Å². The minimum Gasteiger partial charge on any atom is -0.328 e. The Morgan fingerprint density at radius 2 is 1.91 bits per heavy atom. The highest BCUT2D eigenvalue weighted by Crippen LogP contribution is 2.39. The van der Waals surface area contributed by atoms with Crippen LogP contribution in [0.25, 0.3) is 11.4 Å². The maximum Gasteiger partial charge on any atom is 0.255 e. The van der Waals surface area contributed by atoms with E-state index < -0.39 is 6.04 Å². The second-order valence-electron chi connectivity index (χ2n) is 7.23. The zero-order valence-corrected chi connectivity index (χ0v) is 19.2. The van der Waals surface area contributed by atoms with Gasteiger partial charge < -0.3 is 10.6 Å². The summed E-state index contributed by atoms with van der Waals surface area (Å²) >= 11 is 13.8. The normalized spacial score (nSPS) is 15.3. The van der Waals surface area contributed by atoms with Crippen molar-refractivity contribution in [3.05, 3.63) is 92.2 Å². The zero-order chi connectivity index (χ0) is 22.2. The lowest BCUT2D eigenvalue weighted by Gasteiger charge is -2.27. The molecule has 1 atom stereocenters. The fourth-order valence-corrected chi connectivity index (χ4v) is 4.75. The van der Waals surface area contributed by atoms with Gasteiger partial charge in [0.1, 0.15) is 6.04 Å². The number of allylic oxidation sites excluding steroid dienone is 1. The van der Waals surface area contributed by atoms with Crippen molar-refractivity contribution in [1.29, 1.82) is 0 Å². The van der Waals surface area contributed by atoms with E-state index in [1.54, 1.807) is 28.2 Å². The molecular formula is C23H17Cl2N5OS. The number of nitrogens with zero attached hydrogens (tertiary/aromatic N) is 3. The van der Waals surface area contributed by atoms with E-state index in [4.69, 9.17) is 28.3 Å². The summed E-state index contributed by atoms with van der Waals surface area (Å²) in [6.07, 6.45) is 0. The number of halogens is 2. The number of benzene rings is 2. The summed E-state index contributed by atoms with van der Waals surface area (Å²) in [4.78, 5) is 19.0. The number of aromatic nitrogens is 3. The van der Waals surface area contributed by atoms with Gasteiger partial charge in [0.2, 0.25) is 5.95 Å². The predicted octanol–water partition coefficient (Wildman–Crippen LogP) is 6.24. The van der Waals surface area contributed by atoms with Gasteiger partial charge in [-0.1, -0.05) is 47.5 Å². The molecule has 9 heteroatoms. The van der Waals surface area contributed by atoms with Gasteiger partial charge in [-0.15, -0.1) is 16.4 Å². The average molecular weight is 482 g/mol. The highest BCUT2D eigenvalue weighted by molar-refractivity contribution is 7.10. The topological polar surface area (TPSA) is 71.8 Å². The number of carbonyl (C=O) groups excluding carboxylic acids is 1. The molecule has 0 saturated carbocycles. The molecule has 160 valence electrons. The maximum atomic E-state index is 13.4. The molecule has 2 aromatic heterocycles. The van der Waals surface area contributed by atoms with Gasteiger partial charge >= 0.3 is 0 Å². The molecule has 0 aliphatic carbocycles. The third-order valence-corrected chi connectivity index (χ3v) is 6.78. The molecule has 4 aromatic rings. The first-order chi connectivity index (χ1) is 15.5. The molecule has 1 amide bonds. The number of anilines is 2. The number of rotatable bonds is 4. The molecule has 2 aromatic carbocycles. The zero-order valence-electron chi connectivity index (χ0n) is 16.8. The molecule has 32 heavy (non-hydrogen) atoms. The van der Waals surface area contributed by atoms with Gasteiger partial charge in [0.25, 0.3) is 5.91 Å². The second-order valence-corrected chi connectivity index (χ2v) is 9.03. The van der Waals surface area contributed by atoms with Gasteiger partial charge in [0, 0.05) is 21.8 Å². The molecule has 2 N–H and O–H groups in total. The third kappa shape index (κ3) is 3.79. The quantitative estimate of drug-likeness (QED) is 0.361. The van der Waals surface area contributed by atoms with Crippen molar-refractivity contribution in [2.24, 2.45) is 0 Å². The van der Waals surface area contributed by atoms with Crippen LogP contribution in [0.5, 0.6) is 0 Å². The van der Waals surface area contributed by atoms with E-state index in [0.29, 0.717) is 27.4 Å². The summed E-state index contributed by atoms with van der Waals surface area (Å²) in [6, 6.07) is 18.2. The van der Waals surface area contributed by atoms with Crippen LogP contribution in [-0.4, -0.2) is 20.7 Å². The molecule has 1 unspecified atom stereocenters. The number of para-hydroxylation sites is 1. The monoisotopic (exact) mass is 481 g/mol. The van der Waals surface area contributed by atoms with Crippen LogP contribution in [0.1, 0.15) is 17.8 Å². The largest absolute Gasteiger partial charge is 0.328 e. The number of amides is 1. The van der Waals surface area contributed by atoms with Gasteiger partial charge in [-0.3, -0.25) is 4.79 Å². The molecule has 0 saturated heterocycles. The Kier molecular flexibility index (Phi) is 5.46. The Labute approximate surface area is 198 Å². The Bertz CT molecular complexity index is 1330. The van der Waals surface area contributed by atoms with Gasteiger partial charge in [-0.2, -0.15) is 4.98 Å². The van der Waals surface area contributed by atoms with Crippen molar-refractivity contribution in [2.45, 2.75) is 13.0 Å². The first kappa shape index (κ1) is 20.8. The molecule has 1 aliphatic rings. The second kappa shape index (κ2) is 8.43. The van der Waals surface area contributed by atoms with E-state index in [-0.39, 0.29) is 5.91 Å². The van der Waals surface area contributed by atoms with Crippen molar-refractivity contribution in [3.63, 3.8) is 0 Å². The minimum absolute atomic E-state index is 0.197. The fourth-order valence-electron chi connectivity index (χ4n) is 3.63. The molecule has 5 rings (SSSR count). The average Bonchev–Trinajstić information content (AvgIpc) is 3.45. The lowest BCUT2D eigenvalue weighted by Crippen LogP contribution is -2.31. The van der Waals surface area contributed by atoms with E-state index >= 15 is 0 Å². The number of fused-ring (bicyclic) bond motifs is 1. The first-order valence-electron chi connectivity index (χ1n) is 9.81. The van der Waals surface area contributed by atoms with E-state index in [9.17, 15) is 4.79 Å². The summed E-state index contributed by atoms with van der Waals surface area (Å²) in [7, 11) is 0. The Balaban J connectivity index is 1.58. The molecule has 0 fully saturated rings. The van der Waals surface area contributed by atoms with Crippen molar-refractivity contribution in [2.75, 3.05) is 10.6 Å². The molecule has 3 heterocycles. The third-order valence-electron chi connectivity index (χ3n) is 5.12. The van der Waals surface area contributed by atoms with Crippen LogP contribution < -0.4 is 10.6 Å². The van der Waals surface area contributed by atoms with Crippen LogP contribution in [0.2, 0.25) is 10.0 Å². The summed E-state index contributed by atoms with van der Waals surface area (Å²) in [6.45, 7) is 1.87. The summed E-state index contributed by atoms with van der Waals surface area (Å²) < 4.78 is 1.75. The predicted molar refractivity (Wildman–Crippen MR) is 129 cm³/mol. The van der Waals surface area contributed by atoms with E-state index in [0.717, 1.165) is 21.8 Å². The molecular weight excluding hydrogens is 465 g/mol. The standard InChI is InChI=1S/C23H17Cl2N5OS/c1-13-19(22(31)27-15-6-3-2-4-7-15)20(18-8-5-11-32-18)30-23(26-13)28-21(29-30)14-9-10-16(24)17(25)12-14/h2-12,20H,1H3,(H,27,31)(H,26,28,29). The van der Waals surface area contributed by atoms with Crippen molar-refractivity contribution < 1.29 is 4.79 Å². The van der Waals surface area contributed by atoms with Crippen LogP contribution >= 0.6 is 34.5 Å². The van der Waals surface area contributed by atoms with Gasteiger partial charge in [0.05, 0.1) is 15.6 Å². The van der Waals surface area contributed by atoms with E-state index in [2.05, 4.69) is 15.6 Å². The molecule has 0 bridgehead atoms. The van der Waals surface area contributed by atoms with Crippen molar-refractivity contribution >= 4 is 52.1 Å². The minimum atomic E-state index is -0.418. The Morgan fingerprint density at radius 3 is 2.62 bits per heavy atom. The van der Waals surface area contributed by atoms with Crippen molar-refractivity contribution in [1.82, 2.24) is 14.8 Å². The number of hydrogen-bond acceptors (Lipinski definition) is 5. The first-order valence-corrected chi connectivity index (χ1v) is 11.4. The smallest absolute Gasteiger partial charge is 0.255 e. The van der Waals surface area contributed by atoms with Gasteiger partial charge in [-0.25, -0.2) is 4.68 Å². The highest BCUT2D eigenvalue weighted by Gasteiger charge is 2.35. The SMILES string of the molecule is CC1=C(C(=O)Nc2ccccc2)C(c2cccs2)n2nc(-c3ccc(Cl)c(Cl)c3)nc2N1. The van der Waals surface area contributed by atoms with Crippen molar-refractivity contribution in [3.8, 4) is 11.4 Å². The van der Waals surface area contributed by atoms with Gasteiger partial charge in [0.15, 0.2) is 5.82 Å². The Hall–Kier alpha value is -3.13. The number of hydrogen-bond donors (Lipinski definition) is 2. The summed E-state index contributed by atoms with van der Waals surface area (Å²) in [5, 5.41) is 13.8. The lowest BCUT2D eigenvalue weighted by molar-refractivity contribution is -0.113. The van der Waals surface area contributed by atoms with Crippen LogP contribution in [-0.2, 0) is 4.79 Å². The molecule has 1 aliphatic heterocycles. The van der Waals surface area contributed by atoms with E-state index in [1.807, 2.05) is 60.8 Å². The van der Waals surface area contributed by atoms with Crippen LogP contribution in [0.3, 0.4) is 0 Å². The number of carbonyl (C=O) groups is 1. The number of nitrogens with one attached hydrogen (secondary N) is 2. The lowest BCUT2D eigenvalue weighted by atomic mass is 10.0. The maximum absolute atomic E-state index is 13.4. The highest BCUT2D eigenvalue weighted by atomic mass is 35.5. The molecule has 0 radical (unpaired) electrons. The fraction of sp³-hybridized carbons (Fsp3) is 0.0870. The summed E-state index contributed by atoms with van der Waals surface area (Å²) in [5.74, 6) is 0.847.